The number of halogens is 1. The second-order valence-electron chi connectivity index (χ2n) is 5.03. The normalized spacial score (nSPS) is 13.3. The van der Waals surface area contributed by atoms with Gasteiger partial charge < -0.3 is 4.90 Å². The number of sulfonamides is 1. The van der Waals surface area contributed by atoms with E-state index in [0.29, 0.717) is 0 Å². The standard InChI is InChI=1S/C13H19BrN2O3S/c1-9(2)12(13(17)16(3)4)15-20(18,19)11-7-5-10(14)6-8-11/h5-9,12,15H,1-4H3. The lowest BCUT2D eigenvalue weighted by Gasteiger charge is -2.24. The number of amides is 1. The lowest BCUT2D eigenvalue weighted by molar-refractivity contribution is -0.131. The molecule has 0 saturated carbocycles. The highest BCUT2D eigenvalue weighted by atomic mass is 79.9. The van der Waals surface area contributed by atoms with Gasteiger partial charge in [0.15, 0.2) is 0 Å². The Morgan fingerprint density at radius 2 is 1.70 bits per heavy atom. The Bertz CT molecular complexity index is 568. The third kappa shape index (κ3) is 4.29. The van der Waals surface area contributed by atoms with Crippen molar-refractivity contribution in [1.29, 1.82) is 0 Å². The summed E-state index contributed by atoms with van der Waals surface area (Å²) in [6.07, 6.45) is 0. The van der Waals surface area contributed by atoms with Crippen LogP contribution in [-0.2, 0) is 14.8 Å². The van der Waals surface area contributed by atoms with Crippen molar-refractivity contribution in [3.05, 3.63) is 28.7 Å². The van der Waals surface area contributed by atoms with Crippen LogP contribution in [0, 0.1) is 5.92 Å². The second-order valence-corrected chi connectivity index (χ2v) is 7.66. The molecular formula is C13H19BrN2O3S. The molecule has 1 atom stereocenters. The highest BCUT2D eigenvalue weighted by Gasteiger charge is 2.29. The van der Waals surface area contributed by atoms with E-state index < -0.39 is 16.1 Å². The average molecular weight is 363 g/mol. The summed E-state index contributed by atoms with van der Waals surface area (Å²) in [5.74, 6) is -0.407. The molecule has 0 aliphatic heterocycles. The number of nitrogens with zero attached hydrogens (tertiary/aromatic N) is 1. The first-order valence-electron chi connectivity index (χ1n) is 6.14. The Morgan fingerprint density at radius 1 is 1.20 bits per heavy atom. The Labute approximate surface area is 128 Å². The van der Waals surface area contributed by atoms with E-state index in [4.69, 9.17) is 0 Å². The molecule has 112 valence electrons. The van der Waals surface area contributed by atoms with Crippen LogP contribution in [0.4, 0.5) is 0 Å². The average Bonchev–Trinajstić information content (AvgIpc) is 2.35. The third-order valence-corrected chi connectivity index (χ3v) is 4.77. The maximum absolute atomic E-state index is 12.3. The quantitative estimate of drug-likeness (QED) is 0.868. The Kier molecular flexibility index (Phi) is 5.73. The Morgan fingerprint density at radius 3 is 2.10 bits per heavy atom. The van der Waals surface area contributed by atoms with E-state index in [1.807, 2.05) is 0 Å². The summed E-state index contributed by atoms with van der Waals surface area (Å²) in [6.45, 7) is 3.60. The number of hydrogen-bond donors (Lipinski definition) is 1. The minimum Gasteiger partial charge on any atom is -0.347 e. The number of carbonyl (C=O) groups excluding carboxylic acids is 1. The number of carbonyl (C=O) groups is 1. The maximum Gasteiger partial charge on any atom is 0.241 e. The van der Waals surface area contributed by atoms with E-state index in [2.05, 4.69) is 20.7 Å². The molecule has 1 amide bonds. The molecule has 0 aromatic heterocycles. The molecule has 0 spiro atoms. The van der Waals surface area contributed by atoms with Crippen molar-refractivity contribution >= 4 is 31.9 Å². The highest BCUT2D eigenvalue weighted by molar-refractivity contribution is 9.10. The zero-order chi connectivity index (χ0) is 15.5. The van der Waals surface area contributed by atoms with Gasteiger partial charge in [-0.25, -0.2) is 8.42 Å². The fourth-order valence-electron chi connectivity index (χ4n) is 1.60. The monoisotopic (exact) mass is 362 g/mol. The van der Waals surface area contributed by atoms with Crippen LogP contribution >= 0.6 is 15.9 Å². The van der Waals surface area contributed by atoms with Crippen LogP contribution in [0.2, 0.25) is 0 Å². The molecule has 1 N–H and O–H groups in total. The van der Waals surface area contributed by atoms with Crippen LogP contribution in [0.5, 0.6) is 0 Å². The van der Waals surface area contributed by atoms with Crippen molar-refractivity contribution in [2.75, 3.05) is 14.1 Å². The number of benzene rings is 1. The van der Waals surface area contributed by atoms with Crippen LogP contribution < -0.4 is 4.72 Å². The van der Waals surface area contributed by atoms with Crippen molar-refractivity contribution < 1.29 is 13.2 Å². The third-order valence-electron chi connectivity index (χ3n) is 2.78. The maximum atomic E-state index is 12.3. The minimum atomic E-state index is -3.72. The number of rotatable bonds is 5. The molecule has 1 aromatic carbocycles. The molecular weight excluding hydrogens is 344 g/mol. The van der Waals surface area contributed by atoms with Gasteiger partial charge in [-0.3, -0.25) is 4.79 Å². The number of likely N-dealkylation sites (N-methyl/N-ethyl adjacent to an activating group) is 1. The van der Waals surface area contributed by atoms with Gasteiger partial charge in [0.2, 0.25) is 15.9 Å². The van der Waals surface area contributed by atoms with Gasteiger partial charge >= 0.3 is 0 Å². The van der Waals surface area contributed by atoms with Crippen LogP contribution in [-0.4, -0.2) is 39.4 Å². The summed E-state index contributed by atoms with van der Waals surface area (Å²) in [4.78, 5) is 13.6. The molecule has 0 radical (unpaired) electrons. The molecule has 0 bridgehead atoms. The molecule has 0 aliphatic carbocycles. The van der Waals surface area contributed by atoms with E-state index in [0.717, 1.165) is 4.47 Å². The van der Waals surface area contributed by atoms with Crippen LogP contribution in [0.3, 0.4) is 0 Å². The van der Waals surface area contributed by atoms with E-state index in [1.165, 1.54) is 17.0 Å². The van der Waals surface area contributed by atoms with E-state index in [1.54, 1.807) is 40.1 Å². The van der Waals surface area contributed by atoms with E-state index >= 15 is 0 Å². The lowest BCUT2D eigenvalue weighted by Crippen LogP contribution is -2.49. The van der Waals surface area contributed by atoms with Gasteiger partial charge in [0.25, 0.3) is 0 Å². The molecule has 0 aliphatic rings. The molecule has 0 fully saturated rings. The minimum absolute atomic E-state index is 0.137. The largest absolute Gasteiger partial charge is 0.347 e. The van der Waals surface area contributed by atoms with E-state index in [-0.39, 0.29) is 16.7 Å². The summed E-state index contributed by atoms with van der Waals surface area (Å²) < 4.78 is 27.8. The zero-order valence-electron chi connectivity index (χ0n) is 11.9. The molecule has 1 aromatic rings. The van der Waals surface area contributed by atoms with Gasteiger partial charge in [-0.2, -0.15) is 4.72 Å². The summed E-state index contributed by atoms with van der Waals surface area (Å²) in [5, 5.41) is 0. The lowest BCUT2D eigenvalue weighted by atomic mass is 10.0. The number of hydrogen-bond acceptors (Lipinski definition) is 3. The Balaban J connectivity index is 3.03. The summed E-state index contributed by atoms with van der Waals surface area (Å²) in [5.41, 5.74) is 0. The van der Waals surface area contributed by atoms with Crippen LogP contribution in [0.15, 0.2) is 33.6 Å². The number of nitrogens with one attached hydrogen (secondary N) is 1. The zero-order valence-corrected chi connectivity index (χ0v) is 14.3. The molecule has 7 heteroatoms. The molecule has 5 nitrogen and oxygen atoms in total. The van der Waals surface area contributed by atoms with Gasteiger partial charge in [-0.05, 0) is 30.2 Å². The summed E-state index contributed by atoms with van der Waals surface area (Å²) >= 11 is 3.25. The fraction of sp³-hybridized carbons (Fsp3) is 0.462. The van der Waals surface area contributed by atoms with Crippen molar-refractivity contribution in [2.45, 2.75) is 24.8 Å². The van der Waals surface area contributed by atoms with Crippen molar-refractivity contribution in [1.82, 2.24) is 9.62 Å². The first kappa shape index (κ1) is 17.1. The van der Waals surface area contributed by atoms with Gasteiger partial charge in [0, 0.05) is 18.6 Å². The topological polar surface area (TPSA) is 66.5 Å². The SMILES string of the molecule is CC(C)C(NS(=O)(=O)c1ccc(Br)cc1)C(=O)N(C)C. The van der Waals surface area contributed by atoms with Gasteiger partial charge in [0.1, 0.15) is 6.04 Å². The van der Waals surface area contributed by atoms with Gasteiger partial charge in [-0.15, -0.1) is 0 Å². The molecule has 1 rings (SSSR count). The predicted molar refractivity (Wildman–Crippen MR) is 81.8 cm³/mol. The van der Waals surface area contributed by atoms with Crippen molar-refractivity contribution in [2.24, 2.45) is 5.92 Å². The molecule has 20 heavy (non-hydrogen) atoms. The molecule has 0 saturated heterocycles. The molecule has 1 unspecified atom stereocenters. The summed E-state index contributed by atoms with van der Waals surface area (Å²) in [7, 11) is -0.513. The first-order valence-corrected chi connectivity index (χ1v) is 8.42. The van der Waals surface area contributed by atoms with Crippen LogP contribution in [0.25, 0.3) is 0 Å². The fourth-order valence-corrected chi connectivity index (χ4v) is 3.20. The van der Waals surface area contributed by atoms with Gasteiger partial charge in [-0.1, -0.05) is 29.8 Å². The first-order chi connectivity index (χ1) is 9.15. The van der Waals surface area contributed by atoms with Gasteiger partial charge in [0.05, 0.1) is 4.90 Å². The Hall–Kier alpha value is -0.920. The predicted octanol–water partition coefficient (Wildman–Crippen LogP) is 1.84. The van der Waals surface area contributed by atoms with Crippen molar-refractivity contribution in [3.8, 4) is 0 Å². The smallest absolute Gasteiger partial charge is 0.241 e. The van der Waals surface area contributed by atoms with E-state index in [9.17, 15) is 13.2 Å². The molecule has 0 heterocycles. The van der Waals surface area contributed by atoms with Crippen molar-refractivity contribution in [3.63, 3.8) is 0 Å². The van der Waals surface area contributed by atoms with Crippen LogP contribution in [0.1, 0.15) is 13.8 Å². The highest BCUT2D eigenvalue weighted by Crippen LogP contribution is 2.16. The summed E-state index contributed by atoms with van der Waals surface area (Å²) in [6, 6.07) is 5.49. The second kappa shape index (κ2) is 6.69.